The van der Waals surface area contributed by atoms with Gasteiger partial charge in [0.25, 0.3) is 0 Å². The highest BCUT2D eigenvalue weighted by Gasteiger charge is 2.09. The van der Waals surface area contributed by atoms with E-state index in [-0.39, 0.29) is 6.04 Å². The number of nitrogens with one attached hydrogen (secondary N) is 1. The van der Waals surface area contributed by atoms with Gasteiger partial charge in [-0.25, -0.2) is 0 Å². The van der Waals surface area contributed by atoms with Crippen LogP contribution in [0.1, 0.15) is 24.1 Å². The molecular formula is C13H21N3. The maximum Gasteiger partial charge on any atom is 0.0266 e. The van der Waals surface area contributed by atoms with Gasteiger partial charge >= 0.3 is 0 Å². The third kappa shape index (κ3) is 3.04. The molecule has 1 fully saturated rings. The molecule has 3 nitrogen and oxygen atoms in total. The van der Waals surface area contributed by atoms with Crippen molar-refractivity contribution in [3.05, 3.63) is 35.4 Å². The summed E-state index contributed by atoms with van der Waals surface area (Å²) >= 11 is 0. The first kappa shape index (κ1) is 11.6. The van der Waals surface area contributed by atoms with Gasteiger partial charge in [0.05, 0.1) is 0 Å². The predicted octanol–water partition coefficient (Wildman–Crippen LogP) is 1.11. The molecule has 1 heterocycles. The Hall–Kier alpha value is -0.900. The molecule has 88 valence electrons. The quantitative estimate of drug-likeness (QED) is 0.800. The monoisotopic (exact) mass is 219 g/mol. The highest BCUT2D eigenvalue weighted by atomic mass is 15.2. The van der Waals surface area contributed by atoms with Crippen LogP contribution < -0.4 is 11.1 Å². The summed E-state index contributed by atoms with van der Waals surface area (Å²) in [7, 11) is 0. The minimum absolute atomic E-state index is 0.133. The van der Waals surface area contributed by atoms with Gasteiger partial charge in [-0.2, -0.15) is 0 Å². The molecule has 1 atom stereocenters. The van der Waals surface area contributed by atoms with Crippen LogP contribution in [0.25, 0.3) is 0 Å². The van der Waals surface area contributed by atoms with Gasteiger partial charge in [-0.15, -0.1) is 0 Å². The van der Waals surface area contributed by atoms with Gasteiger partial charge in [0.15, 0.2) is 0 Å². The first-order valence-corrected chi connectivity index (χ1v) is 6.03. The smallest absolute Gasteiger partial charge is 0.0266 e. The number of rotatable bonds is 3. The zero-order valence-electron chi connectivity index (χ0n) is 9.95. The molecule has 1 aromatic carbocycles. The van der Waals surface area contributed by atoms with E-state index in [4.69, 9.17) is 5.73 Å². The number of hydrogen-bond acceptors (Lipinski definition) is 3. The zero-order valence-corrected chi connectivity index (χ0v) is 9.95. The fraction of sp³-hybridized carbons (Fsp3) is 0.538. The lowest BCUT2D eigenvalue weighted by atomic mass is 10.1. The predicted molar refractivity (Wildman–Crippen MR) is 67.2 cm³/mol. The van der Waals surface area contributed by atoms with E-state index >= 15 is 0 Å². The summed E-state index contributed by atoms with van der Waals surface area (Å²) in [5.41, 5.74) is 8.42. The van der Waals surface area contributed by atoms with Gasteiger partial charge in [0.2, 0.25) is 0 Å². The third-order valence-corrected chi connectivity index (χ3v) is 3.12. The van der Waals surface area contributed by atoms with E-state index in [2.05, 4.69) is 34.5 Å². The van der Waals surface area contributed by atoms with Gasteiger partial charge < -0.3 is 11.1 Å². The van der Waals surface area contributed by atoms with Crippen molar-refractivity contribution in [2.45, 2.75) is 19.5 Å². The Morgan fingerprint density at radius 1 is 1.25 bits per heavy atom. The molecule has 0 aromatic heterocycles. The lowest BCUT2D eigenvalue weighted by molar-refractivity contribution is 0.233. The molecule has 0 amide bonds. The van der Waals surface area contributed by atoms with Crippen molar-refractivity contribution in [3.63, 3.8) is 0 Å². The normalized spacial score (nSPS) is 19.6. The van der Waals surface area contributed by atoms with Crippen LogP contribution in [0, 0.1) is 0 Å². The summed E-state index contributed by atoms with van der Waals surface area (Å²) in [5, 5.41) is 3.37. The molecule has 1 saturated heterocycles. The zero-order chi connectivity index (χ0) is 11.4. The maximum atomic E-state index is 5.83. The van der Waals surface area contributed by atoms with Crippen LogP contribution in [0.5, 0.6) is 0 Å². The van der Waals surface area contributed by atoms with Crippen LogP contribution in [0.2, 0.25) is 0 Å². The average Bonchev–Trinajstić information content (AvgIpc) is 2.31. The van der Waals surface area contributed by atoms with Crippen molar-refractivity contribution in [1.82, 2.24) is 10.2 Å². The van der Waals surface area contributed by atoms with Crippen LogP contribution in [0.15, 0.2) is 24.3 Å². The van der Waals surface area contributed by atoms with E-state index in [1.54, 1.807) is 0 Å². The highest BCUT2D eigenvalue weighted by molar-refractivity contribution is 5.24. The second kappa shape index (κ2) is 5.43. The number of hydrogen-bond donors (Lipinski definition) is 2. The fourth-order valence-electron chi connectivity index (χ4n) is 2.05. The van der Waals surface area contributed by atoms with Gasteiger partial charge in [-0.3, -0.25) is 4.90 Å². The molecule has 0 spiro atoms. The number of nitrogens with two attached hydrogens (primary N) is 1. The van der Waals surface area contributed by atoms with Crippen molar-refractivity contribution in [1.29, 1.82) is 0 Å². The maximum absolute atomic E-state index is 5.83. The molecule has 0 unspecified atom stereocenters. The fourth-order valence-corrected chi connectivity index (χ4v) is 2.05. The lowest BCUT2D eigenvalue weighted by Gasteiger charge is -2.27. The van der Waals surface area contributed by atoms with E-state index in [1.165, 1.54) is 11.1 Å². The summed E-state index contributed by atoms with van der Waals surface area (Å²) in [5.74, 6) is 0. The number of nitrogens with zero attached hydrogens (tertiary/aromatic N) is 1. The minimum Gasteiger partial charge on any atom is -0.324 e. The summed E-state index contributed by atoms with van der Waals surface area (Å²) in [6.07, 6.45) is 0. The second-order valence-corrected chi connectivity index (χ2v) is 4.56. The van der Waals surface area contributed by atoms with Crippen LogP contribution >= 0.6 is 0 Å². The molecule has 0 aliphatic carbocycles. The highest BCUT2D eigenvalue weighted by Crippen LogP contribution is 2.12. The van der Waals surface area contributed by atoms with Gasteiger partial charge in [-0.05, 0) is 18.1 Å². The van der Waals surface area contributed by atoms with Crippen LogP contribution in [-0.2, 0) is 6.54 Å². The second-order valence-electron chi connectivity index (χ2n) is 4.56. The Morgan fingerprint density at radius 2 is 1.88 bits per heavy atom. The molecule has 16 heavy (non-hydrogen) atoms. The molecule has 0 bridgehead atoms. The SMILES string of the molecule is C[C@H](N)c1ccc(CN2CCNCC2)cc1. The van der Waals surface area contributed by atoms with E-state index in [1.807, 2.05) is 6.92 Å². The first-order valence-electron chi connectivity index (χ1n) is 6.03. The van der Waals surface area contributed by atoms with E-state index in [0.717, 1.165) is 32.7 Å². The van der Waals surface area contributed by atoms with Crippen LogP contribution in [0.4, 0.5) is 0 Å². The third-order valence-electron chi connectivity index (χ3n) is 3.12. The Kier molecular flexibility index (Phi) is 3.93. The summed E-state index contributed by atoms with van der Waals surface area (Å²) in [6.45, 7) is 7.59. The molecule has 0 radical (unpaired) electrons. The molecule has 3 N–H and O–H groups in total. The molecule has 1 aliphatic rings. The first-order chi connectivity index (χ1) is 7.75. The topological polar surface area (TPSA) is 41.3 Å². The van der Waals surface area contributed by atoms with Crippen molar-refractivity contribution >= 4 is 0 Å². The van der Waals surface area contributed by atoms with Crippen molar-refractivity contribution in [2.75, 3.05) is 26.2 Å². The van der Waals surface area contributed by atoms with Crippen molar-refractivity contribution in [3.8, 4) is 0 Å². The van der Waals surface area contributed by atoms with Crippen LogP contribution in [0.3, 0.4) is 0 Å². The Bertz CT molecular complexity index is 312. The Balaban J connectivity index is 1.93. The summed E-state index contributed by atoms with van der Waals surface area (Å²) < 4.78 is 0. The van der Waals surface area contributed by atoms with E-state index in [9.17, 15) is 0 Å². The van der Waals surface area contributed by atoms with Gasteiger partial charge in [0, 0.05) is 38.8 Å². The minimum atomic E-state index is 0.133. The molecule has 1 aliphatic heterocycles. The Labute approximate surface area is 97.6 Å². The van der Waals surface area contributed by atoms with Crippen molar-refractivity contribution in [2.24, 2.45) is 5.73 Å². The summed E-state index contributed by atoms with van der Waals surface area (Å²) in [6, 6.07) is 8.81. The molecule has 3 heteroatoms. The van der Waals surface area contributed by atoms with Gasteiger partial charge in [0.1, 0.15) is 0 Å². The van der Waals surface area contributed by atoms with E-state index in [0.29, 0.717) is 0 Å². The number of piperazine rings is 1. The molecule has 2 rings (SSSR count). The largest absolute Gasteiger partial charge is 0.324 e. The molecule has 1 aromatic rings. The lowest BCUT2D eigenvalue weighted by Crippen LogP contribution is -2.42. The van der Waals surface area contributed by atoms with E-state index < -0.39 is 0 Å². The van der Waals surface area contributed by atoms with Gasteiger partial charge in [-0.1, -0.05) is 24.3 Å². The summed E-state index contributed by atoms with van der Waals surface area (Å²) in [4.78, 5) is 2.48. The molecule has 0 saturated carbocycles. The average molecular weight is 219 g/mol. The standard InChI is InChI=1S/C13H21N3/c1-11(14)13-4-2-12(3-5-13)10-16-8-6-15-7-9-16/h2-5,11,15H,6-10,14H2,1H3/t11-/m0/s1. The molecular weight excluding hydrogens is 198 g/mol. The number of benzene rings is 1. The van der Waals surface area contributed by atoms with Crippen molar-refractivity contribution < 1.29 is 0 Å². The Morgan fingerprint density at radius 3 is 2.44 bits per heavy atom. The van der Waals surface area contributed by atoms with Crippen LogP contribution in [-0.4, -0.2) is 31.1 Å².